The Balaban J connectivity index is 1.42. The first-order valence-corrected chi connectivity index (χ1v) is 10.2. The summed E-state index contributed by atoms with van der Waals surface area (Å²) in [5.41, 5.74) is 3.44. The van der Waals surface area contributed by atoms with Crippen LogP contribution in [0.5, 0.6) is 0 Å². The monoisotopic (exact) mass is 458 g/mol. The van der Waals surface area contributed by atoms with Gasteiger partial charge in [-0.2, -0.15) is 23.3 Å². The fourth-order valence-corrected chi connectivity index (χ4v) is 3.58. The van der Waals surface area contributed by atoms with Crippen LogP contribution in [0.15, 0.2) is 36.9 Å². The highest BCUT2D eigenvalue weighted by Crippen LogP contribution is 2.27. The van der Waals surface area contributed by atoms with Crippen molar-refractivity contribution in [2.45, 2.75) is 45.8 Å². The highest BCUT2D eigenvalue weighted by Gasteiger charge is 2.37. The van der Waals surface area contributed by atoms with Gasteiger partial charge >= 0.3 is 6.18 Å². The second-order valence-corrected chi connectivity index (χ2v) is 7.63. The van der Waals surface area contributed by atoms with E-state index in [-0.39, 0.29) is 24.1 Å². The molecule has 3 aromatic heterocycles. The van der Waals surface area contributed by atoms with E-state index in [1.54, 1.807) is 24.9 Å². The van der Waals surface area contributed by atoms with Crippen molar-refractivity contribution in [1.29, 1.82) is 0 Å². The van der Waals surface area contributed by atoms with E-state index in [2.05, 4.69) is 30.5 Å². The number of halogens is 3. The second kappa shape index (κ2) is 8.60. The molecule has 4 aromatic rings. The topological polar surface area (TPSA) is 103 Å². The van der Waals surface area contributed by atoms with Gasteiger partial charge in [0.05, 0.1) is 11.7 Å². The van der Waals surface area contributed by atoms with Gasteiger partial charge in [0, 0.05) is 17.8 Å². The van der Waals surface area contributed by atoms with E-state index in [1.807, 2.05) is 31.2 Å². The van der Waals surface area contributed by atoms with E-state index in [0.717, 1.165) is 15.8 Å². The Morgan fingerprint density at radius 3 is 2.52 bits per heavy atom. The minimum Gasteiger partial charge on any atom is -0.350 e. The van der Waals surface area contributed by atoms with Crippen LogP contribution in [-0.2, 0) is 17.4 Å². The summed E-state index contributed by atoms with van der Waals surface area (Å²) in [6.45, 7) is 5.20. The molecule has 0 saturated carbocycles. The van der Waals surface area contributed by atoms with Crippen LogP contribution in [0.25, 0.3) is 11.5 Å². The predicted molar refractivity (Wildman–Crippen MR) is 111 cm³/mol. The number of carbonyl (C=O) groups excluding carboxylic acids is 1. The number of rotatable bonds is 6. The van der Waals surface area contributed by atoms with Crippen LogP contribution in [0.2, 0.25) is 0 Å². The SMILES string of the molecule is Cc1nc2nc(C(F)(F)F)nn2c(C)c1CCC(=O)NC(C)c1ccc(-n2cncn2)cc1. The van der Waals surface area contributed by atoms with Gasteiger partial charge in [-0.3, -0.25) is 4.79 Å². The van der Waals surface area contributed by atoms with Crippen molar-refractivity contribution in [2.24, 2.45) is 0 Å². The maximum Gasteiger partial charge on any atom is 0.453 e. The molecular weight excluding hydrogens is 437 g/mol. The molecule has 0 spiro atoms. The van der Waals surface area contributed by atoms with Crippen molar-refractivity contribution in [3.63, 3.8) is 0 Å². The van der Waals surface area contributed by atoms with Crippen molar-refractivity contribution in [3.8, 4) is 5.69 Å². The fraction of sp³-hybridized carbons (Fsp3) is 0.333. The van der Waals surface area contributed by atoms with Crippen molar-refractivity contribution >= 4 is 11.7 Å². The Bertz CT molecular complexity index is 1280. The quantitative estimate of drug-likeness (QED) is 0.476. The van der Waals surface area contributed by atoms with E-state index < -0.39 is 12.0 Å². The molecule has 1 N–H and O–H groups in total. The summed E-state index contributed by atoms with van der Waals surface area (Å²) in [4.78, 5) is 24.0. The zero-order valence-corrected chi connectivity index (χ0v) is 18.1. The zero-order valence-electron chi connectivity index (χ0n) is 18.1. The van der Waals surface area contributed by atoms with Gasteiger partial charge in [-0.15, -0.1) is 5.10 Å². The van der Waals surface area contributed by atoms with Crippen LogP contribution in [-0.4, -0.2) is 40.3 Å². The van der Waals surface area contributed by atoms with Crippen LogP contribution in [0.3, 0.4) is 0 Å². The predicted octanol–water partition coefficient (Wildman–Crippen LogP) is 3.15. The molecule has 172 valence electrons. The second-order valence-electron chi connectivity index (χ2n) is 7.63. The molecule has 0 fully saturated rings. The van der Waals surface area contributed by atoms with E-state index in [4.69, 9.17) is 0 Å². The Hall–Kier alpha value is -3.83. The first-order chi connectivity index (χ1) is 15.6. The number of fused-ring (bicyclic) bond motifs is 1. The number of hydrogen-bond donors (Lipinski definition) is 1. The number of aryl methyl sites for hydroxylation is 2. The van der Waals surface area contributed by atoms with E-state index in [1.165, 1.54) is 6.33 Å². The fourth-order valence-electron chi connectivity index (χ4n) is 3.58. The summed E-state index contributed by atoms with van der Waals surface area (Å²) in [6, 6.07) is 7.34. The number of nitrogens with one attached hydrogen (secondary N) is 1. The Labute approximate surface area is 186 Å². The summed E-state index contributed by atoms with van der Waals surface area (Å²) in [5, 5.41) is 10.6. The van der Waals surface area contributed by atoms with E-state index in [9.17, 15) is 18.0 Å². The average Bonchev–Trinajstić information content (AvgIpc) is 3.43. The molecule has 0 saturated heterocycles. The largest absolute Gasteiger partial charge is 0.453 e. The lowest BCUT2D eigenvalue weighted by molar-refractivity contribution is -0.144. The number of hydrogen-bond acceptors (Lipinski definition) is 6. The molecule has 0 aliphatic rings. The standard InChI is InChI=1S/C21H21F3N8O/c1-12(15-4-6-16(7-5-15)31-11-25-10-26-31)27-18(33)9-8-17-13(2)28-20-29-19(21(22,23)24)30-32(20)14(17)3/h4-7,10-12H,8-9H2,1-3H3,(H,27,33). The van der Waals surface area contributed by atoms with E-state index in [0.29, 0.717) is 23.4 Å². The summed E-state index contributed by atoms with van der Waals surface area (Å²) in [6.07, 6.45) is -1.15. The minimum absolute atomic E-state index is 0.117. The summed E-state index contributed by atoms with van der Waals surface area (Å²) < 4.78 is 41.5. The molecule has 3 heterocycles. The number of aromatic nitrogens is 7. The third-order valence-electron chi connectivity index (χ3n) is 5.36. The van der Waals surface area contributed by atoms with Gasteiger partial charge in [0.1, 0.15) is 12.7 Å². The Kier molecular flexibility index (Phi) is 5.83. The molecule has 12 heteroatoms. The first kappa shape index (κ1) is 22.4. The zero-order chi connectivity index (χ0) is 23.8. The van der Waals surface area contributed by atoms with Gasteiger partial charge in [0.15, 0.2) is 0 Å². The number of alkyl halides is 3. The molecular formula is C21H21F3N8O. The Morgan fingerprint density at radius 2 is 1.88 bits per heavy atom. The third-order valence-corrected chi connectivity index (χ3v) is 5.36. The number of nitrogens with zero attached hydrogens (tertiary/aromatic N) is 7. The van der Waals surface area contributed by atoms with Gasteiger partial charge in [0.25, 0.3) is 11.6 Å². The molecule has 1 atom stereocenters. The average molecular weight is 458 g/mol. The molecule has 0 aliphatic carbocycles. The van der Waals surface area contributed by atoms with Crippen LogP contribution >= 0.6 is 0 Å². The van der Waals surface area contributed by atoms with Gasteiger partial charge in [0.2, 0.25) is 5.91 Å². The lowest BCUT2D eigenvalue weighted by Crippen LogP contribution is -2.27. The summed E-state index contributed by atoms with van der Waals surface area (Å²) in [7, 11) is 0. The van der Waals surface area contributed by atoms with Crippen LogP contribution in [0, 0.1) is 13.8 Å². The smallest absolute Gasteiger partial charge is 0.350 e. The van der Waals surface area contributed by atoms with Gasteiger partial charge < -0.3 is 5.32 Å². The third kappa shape index (κ3) is 4.69. The molecule has 0 radical (unpaired) electrons. The van der Waals surface area contributed by atoms with E-state index >= 15 is 0 Å². The van der Waals surface area contributed by atoms with Gasteiger partial charge in [-0.25, -0.2) is 19.2 Å². The summed E-state index contributed by atoms with van der Waals surface area (Å²) in [5.74, 6) is -1.54. The Morgan fingerprint density at radius 1 is 1.15 bits per heavy atom. The number of benzene rings is 1. The van der Waals surface area contributed by atoms with Crippen LogP contribution in [0.4, 0.5) is 13.2 Å². The first-order valence-electron chi connectivity index (χ1n) is 10.2. The molecule has 1 aromatic carbocycles. The van der Waals surface area contributed by atoms with Gasteiger partial charge in [-0.05, 0) is 50.5 Å². The number of amides is 1. The lowest BCUT2D eigenvalue weighted by atomic mass is 10.1. The molecule has 0 bridgehead atoms. The van der Waals surface area contributed by atoms with Crippen LogP contribution < -0.4 is 5.32 Å². The maximum atomic E-state index is 12.9. The van der Waals surface area contributed by atoms with Crippen molar-refractivity contribution in [1.82, 2.24) is 39.7 Å². The van der Waals surface area contributed by atoms with Crippen LogP contribution in [0.1, 0.15) is 47.7 Å². The molecule has 33 heavy (non-hydrogen) atoms. The number of carbonyl (C=O) groups is 1. The van der Waals surface area contributed by atoms with Crippen molar-refractivity contribution in [3.05, 3.63) is 65.3 Å². The highest BCUT2D eigenvalue weighted by atomic mass is 19.4. The summed E-state index contributed by atoms with van der Waals surface area (Å²) >= 11 is 0. The molecule has 1 amide bonds. The van der Waals surface area contributed by atoms with Crippen molar-refractivity contribution in [2.75, 3.05) is 0 Å². The molecule has 4 rings (SSSR count). The highest BCUT2D eigenvalue weighted by molar-refractivity contribution is 5.76. The minimum atomic E-state index is -4.66. The maximum absolute atomic E-state index is 12.9. The van der Waals surface area contributed by atoms with Gasteiger partial charge in [-0.1, -0.05) is 12.1 Å². The normalized spacial score (nSPS) is 12.8. The molecule has 0 aliphatic heterocycles. The van der Waals surface area contributed by atoms with Crippen molar-refractivity contribution < 1.29 is 18.0 Å². The molecule has 1 unspecified atom stereocenters. The lowest BCUT2D eigenvalue weighted by Gasteiger charge is -2.16. The molecule has 9 nitrogen and oxygen atoms in total.